The molecule has 2 fully saturated rings. The van der Waals surface area contributed by atoms with Crippen LogP contribution in [0.5, 0.6) is 0 Å². The molecular weight excluding hydrogens is 236 g/mol. The van der Waals surface area contributed by atoms with Gasteiger partial charge in [0.25, 0.3) is 0 Å². The van der Waals surface area contributed by atoms with E-state index in [0.717, 1.165) is 38.5 Å². The normalized spacial score (nSPS) is 35.1. The first-order valence-corrected chi connectivity index (χ1v) is 7.86. The molecule has 1 N–H and O–H groups in total. The third kappa shape index (κ3) is 2.48. The molecule has 2 rings (SSSR count). The number of halogens is 1. The molecule has 0 atom stereocenters. The van der Waals surface area contributed by atoms with Gasteiger partial charge in [-0.2, -0.15) is 0 Å². The van der Waals surface area contributed by atoms with Gasteiger partial charge in [0.1, 0.15) is 0 Å². The molecule has 0 unspecified atom stereocenters. The van der Waals surface area contributed by atoms with Crippen LogP contribution in [0.15, 0.2) is 0 Å². The van der Waals surface area contributed by atoms with E-state index >= 15 is 0 Å². The van der Waals surface area contributed by atoms with Crippen molar-refractivity contribution in [3.05, 3.63) is 0 Å². The van der Waals surface area contributed by atoms with Crippen LogP contribution in [0, 0.1) is 5.92 Å². The Morgan fingerprint density at radius 1 is 1.20 bits per heavy atom. The first-order valence-electron chi connectivity index (χ1n) is 5.55. The summed E-state index contributed by atoms with van der Waals surface area (Å²) in [6.07, 6.45) is 5.46. The Hall–Kier alpha value is 0.200. The van der Waals surface area contributed by atoms with E-state index in [1.165, 1.54) is 0 Å². The Morgan fingerprint density at radius 2 is 1.73 bits per heavy atom. The summed E-state index contributed by atoms with van der Waals surface area (Å²) in [7, 11) is 2.06. The molecule has 0 amide bonds. The third-order valence-corrected chi connectivity index (χ3v) is 6.39. The molecule has 2 saturated carbocycles. The largest absolute Gasteiger partial charge is 0.393 e. The molecule has 0 heterocycles. The maximum absolute atomic E-state index is 11.4. The fourth-order valence-electron chi connectivity index (χ4n) is 2.56. The highest BCUT2D eigenvalue weighted by Gasteiger charge is 2.54. The average Bonchev–Trinajstić information content (AvgIpc) is 2.89. The molecule has 0 aromatic carbocycles. The Bertz CT molecular complexity index is 327. The maximum atomic E-state index is 11.4. The van der Waals surface area contributed by atoms with Crippen LogP contribution in [0.1, 0.15) is 44.9 Å². The summed E-state index contributed by atoms with van der Waals surface area (Å²) in [6, 6.07) is 0. The molecular formula is C10H17ClO3S. The van der Waals surface area contributed by atoms with Crippen LogP contribution in [0.2, 0.25) is 0 Å². The van der Waals surface area contributed by atoms with E-state index in [0.29, 0.717) is 12.3 Å². The Labute approximate surface area is 95.2 Å². The van der Waals surface area contributed by atoms with E-state index in [-0.39, 0.29) is 6.10 Å². The molecule has 2 aliphatic carbocycles. The molecule has 0 aliphatic heterocycles. The monoisotopic (exact) mass is 252 g/mol. The van der Waals surface area contributed by atoms with Crippen molar-refractivity contribution in [2.45, 2.75) is 55.8 Å². The van der Waals surface area contributed by atoms with Crippen molar-refractivity contribution in [2.75, 3.05) is 0 Å². The van der Waals surface area contributed by atoms with Gasteiger partial charge in [0.2, 0.25) is 9.05 Å². The first-order chi connectivity index (χ1) is 6.93. The molecule has 88 valence electrons. The maximum Gasteiger partial charge on any atom is 0.238 e. The SMILES string of the molecule is O=S(=O)(Cl)C1(CC2CCC(O)CC2)CC1. The average molecular weight is 253 g/mol. The molecule has 0 radical (unpaired) electrons. The minimum atomic E-state index is -3.39. The molecule has 0 spiro atoms. The zero-order chi connectivity index (χ0) is 11.1. The third-order valence-electron chi connectivity index (χ3n) is 3.80. The van der Waals surface area contributed by atoms with Crippen LogP contribution < -0.4 is 0 Å². The van der Waals surface area contributed by atoms with E-state index in [1.807, 2.05) is 0 Å². The van der Waals surface area contributed by atoms with Crippen molar-refractivity contribution >= 4 is 19.7 Å². The highest BCUT2D eigenvalue weighted by molar-refractivity contribution is 8.15. The highest BCUT2D eigenvalue weighted by atomic mass is 35.7. The minimum Gasteiger partial charge on any atom is -0.393 e. The smallest absolute Gasteiger partial charge is 0.238 e. The van der Waals surface area contributed by atoms with E-state index in [9.17, 15) is 13.5 Å². The lowest BCUT2D eigenvalue weighted by atomic mass is 9.84. The predicted molar refractivity (Wildman–Crippen MR) is 59.3 cm³/mol. The van der Waals surface area contributed by atoms with Gasteiger partial charge >= 0.3 is 0 Å². The van der Waals surface area contributed by atoms with Crippen LogP contribution >= 0.6 is 10.7 Å². The molecule has 3 nitrogen and oxygen atoms in total. The number of hydrogen-bond acceptors (Lipinski definition) is 3. The lowest BCUT2D eigenvalue weighted by molar-refractivity contribution is 0.106. The van der Waals surface area contributed by atoms with Crippen molar-refractivity contribution in [1.82, 2.24) is 0 Å². The van der Waals surface area contributed by atoms with Crippen molar-refractivity contribution in [3.8, 4) is 0 Å². The summed E-state index contributed by atoms with van der Waals surface area (Å²) >= 11 is 0. The molecule has 0 aromatic rings. The second-order valence-electron chi connectivity index (χ2n) is 5.00. The van der Waals surface area contributed by atoms with Crippen molar-refractivity contribution in [1.29, 1.82) is 0 Å². The second-order valence-corrected chi connectivity index (χ2v) is 7.96. The molecule has 0 aromatic heterocycles. The quantitative estimate of drug-likeness (QED) is 0.782. The van der Waals surface area contributed by atoms with Gasteiger partial charge in [-0.05, 0) is 50.9 Å². The van der Waals surface area contributed by atoms with Crippen molar-refractivity contribution in [3.63, 3.8) is 0 Å². The predicted octanol–water partition coefficient (Wildman–Crippen LogP) is 2.03. The Morgan fingerprint density at radius 3 is 2.13 bits per heavy atom. The van der Waals surface area contributed by atoms with Gasteiger partial charge in [-0.1, -0.05) is 0 Å². The van der Waals surface area contributed by atoms with Gasteiger partial charge in [0, 0.05) is 10.7 Å². The van der Waals surface area contributed by atoms with E-state index in [2.05, 4.69) is 0 Å². The summed E-state index contributed by atoms with van der Waals surface area (Å²) in [5.74, 6) is 0.435. The van der Waals surface area contributed by atoms with Crippen LogP contribution in [0.25, 0.3) is 0 Å². The molecule has 2 aliphatic rings. The van der Waals surface area contributed by atoms with Gasteiger partial charge in [-0.25, -0.2) is 8.42 Å². The Kier molecular flexibility index (Phi) is 3.03. The van der Waals surface area contributed by atoms with Gasteiger partial charge in [0.05, 0.1) is 10.9 Å². The summed E-state index contributed by atoms with van der Waals surface area (Å²) in [5, 5.41) is 9.36. The summed E-state index contributed by atoms with van der Waals surface area (Å²) in [4.78, 5) is 0. The van der Waals surface area contributed by atoms with Gasteiger partial charge in [-0.15, -0.1) is 0 Å². The van der Waals surface area contributed by atoms with E-state index < -0.39 is 13.8 Å². The zero-order valence-corrected chi connectivity index (χ0v) is 10.2. The number of rotatable bonds is 3. The van der Waals surface area contributed by atoms with E-state index in [1.54, 1.807) is 0 Å². The lowest BCUT2D eigenvalue weighted by Crippen LogP contribution is -2.26. The van der Waals surface area contributed by atoms with Crippen molar-refractivity contribution < 1.29 is 13.5 Å². The molecule has 5 heteroatoms. The molecule has 0 saturated heterocycles. The van der Waals surface area contributed by atoms with Gasteiger partial charge in [0.15, 0.2) is 0 Å². The molecule has 15 heavy (non-hydrogen) atoms. The second kappa shape index (κ2) is 3.90. The first kappa shape index (κ1) is 11.7. The van der Waals surface area contributed by atoms with Crippen LogP contribution in [0.4, 0.5) is 0 Å². The molecule has 0 bridgehead atoms. The van der Waals surface area contributed by atoms with Gasteiger partial charge in [-0.3, -0.25) is 0 Å². The van der Waals surface area contributed by atoms with Crippen LogP contribution in [-0.2, 0) is 9.05 Å². The standard InChI is InChI=1S/C10H17ClO3S/c11-15(13,14)10(5-6-10)7-8-1-3-9(12)4-2-8/h8-9,12H,1-7H2. The number of hydrogen-bond donors (Lipinski definition) is 1. The zero-order valence-electron chi connectivity index (χ0n) is 8.65. The number of aliphatic hydroxyl groups is 1. The fourth-order valence-corrected chi connectivity index (χ4v) is 4.24. The number of aliphatic hydroxyl groups excluding tert-OH is 1. The lowest BCUT2D eigenvalue weighted by Gasteiger charge is -2.27. The summed E-state index contributed by atoms with van der Waals surface area (Å²) in [6.45, 7) is 0. The fraction of sp³-hybridized carbons (Fsp3) is 1.00. The van der Waals surface area contributed by atoms with E-state index in [4.69, 9.17) is 10.7 Å². The van der Waals surface area contributed by atoms with Crippen molar-refractivity contribution in [2.24, 2.45) is 5.92 Å². The van der Waals surface area contributed by atoms with Crippen LogP contribution in [0.3, 0.4) is 0 Å². The topological polar surface area (TPSA) is 54.4 Å². The van der Waals surface area contributed by atoms with Gasteiger partial charge < -0.3 is 5.11 Å². The summed E-state index contributed by atoms with van der Waals surface area (Å²) < 4.78 is 22.1. The Balaban J connectivity index is 1.93. The highest BCUT2D eigenvalue weighted by Crippen LogP contribution is 2.51. The van der Waals surface area contributed by atoms with Crippen LogP contribution in [-0.4, -0.2) is 24.4 Å². The minimum absolute atomic E-state index is 0.177. The summed E-state index contributed by atoms with van der Waals surface area (Å²) in [5.41, 5.74) is 0.